The molecule has 0 aromatic rings. The topological polar surface area (TPSA) is 26.3 Å². The highest BCUT2D eigenvalue weighted by Crippen LogP contribution is 2.20. The van der Waals surface area contributed by atoms with Crippen LogP contribution in [0.4, 0.5) is 0 Å². The molecule has 0 aliphatic rings. The van der Waals surface area contributed by atoms with Gasteiger partial charge in [0.2, 0.25) is 4.33 Å². The molecule has 0 aromatic carbocycles. The van der Waals surface area contributed by atoms with Crippen molar-refractivity contribution in [1.29, 1.82) is 0 Å². The number of carbonyl (C=O) groups is 1. The van der Waals surface area contributed by atoms with E-state index in [0.29, 0.717) is 6.42 Å². The fourth-order valence-corrected chi connectivity index (χ4v) is 0.438. The van der Waals surface area contributed by atoms with E-state index in [4.69, 9.17) is 29.6 Å². The third-order valence-corrected chi connectivity index (χ3v) is 1.15. The molecule has 0 heterocycles. The van der Waals surface area contributed by atoms with Crippen LogP contribution in [0.3, 0.4) is 0 Å². The fraction of sp³-hybridized carbons (Fsp3) is 0.571. The normalized spacial score (nSPS) is 10.4. The lowest BCUT2D eigenvalue weighted by Crippen LogP contribution is -2.24. The molecular formula is C7H8Cl2O2. The van der Waals surface area contributed by atoms with Crippen molar-refractivity contribution < 1.29 is 9.53 Å². The maximum atomic E-state index is 10.8. The van der Waals surface area contributed by atoms with Crippen LogP contribution in [-0.2, 0) is 9.53 Å². The zero-order valence-electron chi connectivity index (χ0n) is 6.06. The average Bonchev–Trinajstić information content (AvgIpc) is 1.86. The maximum absolute atomic E-state index is 10.8. The number of hydrogen-bond acceptors (Lipinski definition) is 2. The van der Waals surface area contributed by atoms with Gasteiger partial charge < -0.3 is 4.74 Å². The van der Waals surface area contributed by atoms with Crippen molar-refractivity contribution in [3.63, 3.8) is 0 Å². The van der Waals surface area contributed by atoms with E-state index in [1.807, 2.05) is 0 Å². The summed E-state index contributed by atoms with van der Waals surface area (Å²) in [4.78, 5) is 10.8. The van der Waals surface area contributed by atoms with Gasteiger partial charge in [-0.25, -0.2) is 4.79 Å². The van der Waals surface area contributed by atoms with Gasteiger partial charge in [0.25, 0.3) is 0 Å². The van der Waals surface area contributed by atoms with Gasteiger partial charge in [-0.3, -0.25) is 0 Å². The molecule has 0 aromatic heterocycles. The molecule has 0 aliphatic heterocycles. The summed E-state index contributed by atoms with van der Waals surface area (Å²) in [6, 6.07) is 0. The van der Waals surface area contributed by atoms with E-state index in [2.05, 4.69) is 10.7 Å². The predicted octanol–water partition coefficient (Wildman–Crippen LogP) is 1.75. The van der Waals surface area contributed by atoms with Crippen LogP contribution in [-0.4, -0.2) is 16.9 Å². The first-order chi connectivity index (χ1) is 4.98. The monoisotopic (exact) mass is 194 g/mol. The van der Waals surface area contributed by atoms with Crippen LogP contribution in [0.25, 0.3) is 0 Å². The Balaban J connectivity index is 3.64. The number of halogens is 2. The zero-order chi connectivity index (χ0) is 8.91. The molecule has 0 N–H and O–H groups in total. The molecule has 0 saturated heterocycles. The Morgan fingerprint density at radius 1 is 1.73 bits per heavy atom. The Hall–Kier alpha value is -0.390. The Kier molecular flexibility index (Phi) is 4.32. The Labute approximate surface area is 75.8 Å². The molecule has 11 heavy (non-hydrogen) atoms. The molecule has 0 aliphatic carbocycles. The molecule has 62 valence electrons. The molecule has 0 fully saturated rings. The molecule has 0 spiro atoms. The van der Waals surface area contributed by atoms with Crippen LogP contribution in [0.5, 0.6) is 0 Å². The molecule has 0 unspecified atom stereocenters. The van der Waals surface area contributed by atoms with E-state index in [-0.39, 0.29) is 6.61 Å². The Morgan fingerprint density at radius 3 is 2.64 bits per heavy atom. The number of ether oxygens (including phenoxy) is 1. The first-order valence-electron chi connectivity index (χ1n) is 2.97. The van der Waals surface area contributed by atoms with Gasteiger partial charge in [-0.1, -0.05) is 23.2 Å². The third kappa shape index (κ3) is 4.94. The minimum atomic E-state index is -1.48. The Bertz CT molecular complexity index is 176. The summed E-state index contributed by atoms with van der Waals surface area (Å²) in [7, 11) is 0. The van der Waals surface area contributed by atoms with Gasteiger partial charge in [-0.15, -0.1) is 12.3 Å². The summed E-state index contributed by atoms with van der Waals surface area (Å²) in [5.74, 6) is 1.64. The number of rotatable bonds is 3. The number of alkyl halides is 2. The van der Waals surface area contributed by atoms with Crippen LogP contribution in [0.1, 0.15) is 13.3 Å². The van der Waals surface area contributed by atoms with Crippen molar-refractivity contribution in [2.24, 2.45) is 0 Å². The number of esters is 1. The summed E-state index contributed by atoms with van der Waals surface area (Å²) in [6.07, 6.45) is 5.29. The minimum absolute atomic E-state index is 0.157. The van der Waals surface area contributed by atoms with Crippen molar-refractivity contribution >= 4 is 29.2 Å². The lowest BCUT2D eigenvalue weighted by molar-refractivity contribution is -0.143. The number of carbonyl (C=O) groups excluding carboxylic acids is 1. The predicted molar refractivity (Wildman–Crippen MR) is 44.5 cm³/mol. The summed E-state index contributed by atoms with van der Waals surface area (Å²) in [5, 5.41) is 0. The van der Waals surface area contributed by atoms with Crippen LogP contribution in [0, 0.1) is 12.3 Å². The molecular weight excluding hydrogens is 187 g/mol. The van der Waals surface area contributed by atoms with Crippen molar-refractivity contribution in [2.75, 3.05) is 6.61 Å². The standard InChI is InChI=1S/C7H8Cl2O2/c1-3-4-5-11-6(10)7(2,8)9/h1H,4-5H2,2H3. The highest BCUT2D eigenvalue weighted by molar-refractivity contribution is 6.57. The highest BCUT2D eigenvalue weighted by atomic mass is 35.5. The van der Waals surface area contributed by atoms with Gasteiger partial charge in [0.1, 0.15) is 6.61 Å². The molecule has 2 nitrogen and oxygen atoms in total. The summed E-state index contributed by atoms with van der Waals surface area (Å²) >= 11 is 10.8. The molecule has 0 rings (SSSR count). The van der Waals surface area contributed by atoms with E-state index in [9.17, 15) is 4.79 Å². The van der Waals surface area contributed by atoms with E-state index in [1.54, 1.807) is 0 Å². The van der Waals surface area contributed by atoms with E-state index in [1.165, 1.54) is 6.92 Å². The quantitative estimate of drug-likeness (QED) is 0.296. The average molecular weight is 195 g/mol. The number of hydrogen-bond donors (Lipinski definition) is 0. The molecule has 0 bridgehead atoms. The minimum Gasteiger partial charge on any atom is -0.462 e. The molecule has 0 amide bonds. The highest BCUT2D eigenvalue weighted by Gasteiger charge is 2.28. The second-order valence-corrected chi connectivity index (χ2v) is 3.68. The van der Waals surface area contributed by atoms with Gasteiger partial charge >= 0.3 is 5.97 Å². The first-order valence-corrected chi connectivity index (χ1v) is 3.72. The molecule has 0 saturated carbocycles. The van der Waals surface area contributed by atoms with E-state index in [0.717, 1.165) is 0 Å². The molecule has 0 radical (unpaired) electrons. The molecule has 4 heteroatoms. The second kappa shape index (κ2) is 4.48. The number of terminal acetylenes is 1. The first kappa shape index (κ1) is 10.6. The second-order valence-electron chi connectivity index (χ2n) is 1.98. The van der Waals surface area contributed by atoms with Gasteiger partial charge in [-0.2, -0.15) is 0 Å². The smallest absolute Gasteiger partial charge is 0.342 e. The van der Waals surface area contributed by atoms with Crippen molar-refractivity contribution in [3.05, 3.63) is 0 Å². The van der Waals surface area contributed by atoms with Crippen LogP contribution in [0.2, 0.25) is 0 Å². The molecule has 0 atom stereocenters. The van der Waals surface area contributed by atoms with Gasteiger partial charge in [-0.05, 0) is 6.92 Å². The van der Waals surface area contributed by atoms with Crippen LogP contribution >= 0.6 is 23.2 Å². The van der Waals surface area contributed by atoms with Crippen molar-refractivity contribution in [2.45, 2.75) is 17.7 Å². The fourth-order valence-electron chi connectivity index (χ4n) is 0.329. The summed E-state index contributed by atoms with van der Waals surface area (Å²) in [5.41, 5.74) is 0. The largest absolute Gasteiger partial charge is 0.462 e. The maximum Gasteiger partial charge on any atom is 0.342 e. The Morgan fingerprint density at radius 2 is 2.27 bits per heavy atom. The van der Waals surface area contributed by atoms with Crippen LogP contribution in [0.15, 0.2) is 0 Å². The van der Waals surface area contributed by atoms with E-state index < -0.39 is 10.3 Å². The van der Waals surface area contributed by atoms with E-state index >= 15 is 0 Å². The van der Waals surface area contributed by atoms with Crippen molar-refractivity contribution in [1.82, 2.24) is 0 Å². The van der Waals surface area contributed by atoms with Gasteiger partial charge in [0.05, 0.1) is 0 Å². The SMILES string of the molecule is C#CCCOC(=O)C(C)(Cl)Cl. The summed E-state index contributed by atoms with van der Waals surface area (Å²) < 4.78 is 3.12. The van der Waals surface area contributed by atoms with Crippen LogP contribution < -0.4 is 0 Å². The lowest BCUT2D eigenvalue weighted by atomic mass is 10.4. The van der Waals surface area contributed by atoms with Gasteiger partial charge in [0, 0.05) is 6.42 Å². The summed E-state index contributed by atoms with van der Waals surface area (Å²) in [6.45, 7) is 1.50. The van der Waals surface area contributed by atoms with Gasteiger partial charge in [0.15, 0.2) is 0 Å². The lowest BCUT2D eigenvalue weighted by Gasteiger charge is -2.10. The van der Waals surface area contributed by atoms with Crippen molar-refractivity contribution in [3.8, 4) is 12.3 Å². The third-order valence-electron chi connectivity index (χ3n) is 0.838. The zero-order valence-corrected chi connectivity index (χ0v) is 7.58.